The van der Waals surface area contributed by atoms with Gasteiger partial charge in [-0.3, -0.25) is 9.59 Å². The second-order valence-corrected chi connectivity index (χ2v) is 4.33. The predicted octanol–water partition coefficient (Wildman–Crippen LogP) is -0.755. The molecule has 86 valence electrons. The number of thioether (sulfide) groups is 1. The summed E-state index contributed by atoms with van der Waals surface area (Å²) in [5.74, 6) is 1.14. The Morgan fingerprint density at radius 2 is 2.33 bits per heavy atom. The summed E-state index contributed by atoms with van der Waals surface area (Å²) in [6.07, 6.45) is 0.908. The molecule has 2 amide bonds. The van der Waals surface area contributed by atoms with Crippen molar-refractivity contribution in [1.29, 1.82) is 0 Å². The Morgan fingerprint density at radius 1 is 1.53 bits per heavy atom. The Morgan fingerprint density at radius 3 is 2.93 bits per heavy atom. The standard InChI is InChI=1S/C9H17N3O2S/c1-10-3-2-4-11-8(13)5-12-7-15-6-9(12)14/h10H,2-7H2,1H3,(H,11,13). The monoisotopic (exact) mass is 231 g/mol. The molecule has 0 spiro atoms. The fourth-order valence-corrected chi connectivity index (χ4v) is 2.17. The third-order valence-electron chi connectivity index (χ3n) is 2.09. The van der Waals surface area contributed by atoms with E-state index in [4.69, 9.17) is 0 Å². The Bertz CT molecular complexity index is 235. The molecule has 1 aliphatic rings. The van der Waals surface area contributed by atoms with Crippen molar-refractivity contribution in [3.8, 4) is 0 Å². The van der Waals surface area contributed by atoms with Gasteiger partial charge in [0, 0.05) is 6.54 Å². The highest BCUT2D eigenvalue weighted by atomic mass is 32.2. The average Bonchev–Trinajstić information content (AvgIpc) is 2.59. The summed E-state index contributed by atoms with van der Waals surface area (Å²) in [5.41, 5.74) is 0. The van der Waals surface area contributed by atoms with Crippen molar-refractivity contribution in [2.75, 3.05) is 38.3 Å². The van der Waals surface area contributed by atoms with E-state index in [1.54, 1.807) is 16.7 Å². The normalized spacial score (nSPS) is 15.8. The van der Waals surface area contributed by atoms with E-state index >= 15 is 0 Å². The van der Waals surface area contributed by atoms with Gasteiger partial charge in [0.05, 0.1) is 11.6 Å². The lowest BCUT2D eigenvalue weighted by Crippen LogP contribution is -2.38. The average molecular weight is 231 g/mol. The molecular formula is C9H17N3O2S. The van der Waals surface area contributed by atoms with Gasteiger partial charge < -0.3 is 15.5 Å². The molecular weight excluding hydrogens is 214 g/mol. The van der Waals surface area contributed by atoms with Crippen molar-refractivity contribution >= 4 is 23.6 Å². The van der Waals surface area contributed by atoms with Crippen LogP contribution < -0.4 is 10.6 Å². The van der Waals surface area contributed by atoms with Crippen molar-refractivity contribution in [2.24, 2.45) is 0 Å². The second kappa shape index (κ2) is 6.68. The van der Waals surface area contributed by atoms with Crippen LogP contribution in [0.15, 0.2) is 0 Å². The number of rotatable bonds is 6. The zero-order valence-corrected chi connectivity index (χ0v) is 9.73. The van der Waals surface area contributed by atoms with Crippen molar-refractivity contribution in [3.05, 3.63) is 0 Å². The first-order chi connectivity index (χ1) is 7.24. The van der Waals surface area contributed by atoms with Gasteiger partial charge in [-0.05, 0) is 20.0 Å². The van der Waals surface area contributed by atoms with E-state index in [2.05, 4.69) is 10.6 Å². The minimum absolute atomic E-state index is 0.0605. The molecule has 0 bridgehead atoms. The van der Waals surface area contributed by atoms with Crippen molar-refractivity contribution in [1.82, 2.24) is 15.5 Å². The number of carbonyl (C=O) groups excluding carboxylic acids is 2. The highest BCUT2D eigenvalue weighted by Gasteiger charge is 2.22. The lowest BCUT2D eigenvalue weighted by molar-refractivity contribution is -0.132. The van der Waals surface area contributed by atoms with Crippen LogP contribution in [0.5, 0.6) is 0 Å². The van der Waals surface area contributed by atoms with Gasteiger partial charge in [0.2, 0.25) is 11.8 Å². The van der Waals surface area contributed by atoms with Crippen LogP contribution in [0.25, 0.3) is 0 Å². The molecule has 0 saturated carbocycles. The number of nitrogens with zero attached hydrogens (tertiary/aromatic N) is 1. The van der Waals surface area contributed by atoms with Gasteiger partial charge in [-0.1, -0.05) is 0 Å². The van der Waals surface area contributed by atoms with Gasteiger partial charge in [-0.15, -0.1) is 11.8 Å². The topological polar surface area (TPSA) is 61.4 Å². The molecule has 0 unspecified atom stereocenters. The number of amides is 2. The van der Waals surface area contributed by atoms with E-state index in [1.807, 2.05) is 7.05 Å². The van der Waals surface area contributed by atoms with Gasteiger partial charge in [0.15, 0.2) is 0 Å². The third kappa shape index (κ3) is 4.53. The summed E-state index contributed by atoms with van der Waals surface area (Å²) in [6.45, 7) is 1.75. The Kier molecular flexibility index (Phi) is 5.49. The molecule has 0 aromatic rings. The van der Waals surface area contributed by atoms with Gasteiger partial charge >= 0.3 is 0 Å². The highest BCUT2D eigenvalue weighted by molar-refractivity contribution is 8.00. The summed E-state index contributed by atoms with van der Waals surface area (Å²) in [7, 11) is 1.88. The number of carbonyl (C=O) groups is 2. The van der Waals surface area contributed by atoms with Crippen LogP contribution in [0.1, 0.15) is 6.42 Å². The third-order valence-corrected chi connectivity index (χ3v) is 3.03. The summed E-state index contributed by atoms with van der Waals surface area (Å²) < 4.78 is 0. The SMILES string of the molecule is CNCCCNC(=O)CN1CSCC1=O. The largest absolute Gasteiger partial charge is 0.355 e. The minimum Gasteiger partial charge on any atom is -0.355 e. The van der Waals surface area contributed by atoms with Gasteiger partial charge in [-0.25, -0.2) is 0 Å². The molecule has 15 heavy (non-hydrogen) atoms. The van der Waals surface area contributed by atoms with Crippen LogP contribution in [-0.4, -0.2) is 55.0 Å². The van der Waals surface area contributed by atoms with Crippen LogP contribution in [0.2, 0.25) is 0 Å². The molecule has 0 radical (unpaired) electrons. The lowest BCUT2D eigenvalue weighted by Gasteiger charge is -2.13. The first-order valence-electron chi connectivity index (χ1n) is 5.01. The van der Waals surface area contributed by atoms with E-state index < -0.39 is 0 Å². The summed E-state index contributed by atoms with van der Waals surface area (Å²) in [5, 5.41) is 5.79. The molecule has 6 heteroatoms. The molecule has 1 heterocycles. The van der Waals surface area contributed by atoms with Crippen molar-refractivity contribution < 1.29 is 9.59 Å². The maximum atomic E-state index is 11.4. The Hall–Kier alpha value is -0.750. The molecule has 0 aromatic carbocycles. The summed E-state index contributed by atoms with van der Waals surface area (Å²) in [4.78, 5) is 24.2. The van der Waals surface area contributed by atoms with E-state index in [1.165, 1.54) is 0 Å². The van der Waals surface area contributed by atoms with Crippen LogP contribution in [-0.2, 0) is 9.59 Å². The molecule has 1 fully saturated rings. The van der Waals surface area contributed by atoms with E-state index in [0.717, 1.165) is 13.0 Å². The fraction of sp³-hybridized carbons (Fsp3) is 0.778. The first kappa shape index (κ1) is 12.3. The van der Waals surface area contributed by atoms with Crippen molar-refractivity contribution in [2.45, 2.75) is 6.42 Å². The Labute approximate surface area is 94.0 Å². The molecule has 0 atom stereocenters. The van der Waals surface area contributed by atoms with Gasteiger partial charge in [0.25, 0.3) is 0 Å². The lowest BCUT2D eigenvalue weighted by atomic mass is 10.4. The van der Waals surface area contributed by atoms with Crippen LogP contribution in [0, 0.1) is 0 Å². The molecule has 5 nitrogen and oxygen atoms in total. The summed E-state index contributed by atoms with van der Waals surface area (Å²) >= 11 is 1.55. The van der Waals surface area contributed by atoms with Gasteiger partial charge in [-0.2, -0.15) is 0 Å². The zero-order valence-electron chi connectivity index (χ0n) is 8.91. The highest BCUT2D eigenvalue weighted by Crippen LogP contribution is 2.13. The van der Waals surface area contributed by atoms with E-state index in [9.17, 15) is 9.59 Å². The van der Waals surface area contributed by atoms with Crippen LogP contribution >= 0.6 is 11.8 Å². The fourth-order valence-electron chi connectivity index (χ4n) is 1.26. The van der Waals surface area contributed by atoms with Crippen LogP contribution in [0.4, 0.5) is 0 Å². The Balaban J connectivity index is 2.10. The van der Waals surface area contributed by atoms with E-state index in [-0.39, 0.29) is 18.4 Å². The summed E-state index contributed by atoms with van der Waals surface area (Å²) in [6, 6.07) is 0. The quantitative estimate of drug-likeness (QED) is 0.590. The number of hydrogen-bond donors (Lipinski definition) is 2. The minimum atomic E-state index is -0.0676. The number of hydrogen-bond acceptors (Lipinski definition) is 4. The molecule has 0 aliphatic carbocycles. The molecule has 1 aliphatic heterocycles. The second-order valence-electron chi connectivity index (χ2n) is 3.38. The smallest absolute Gasteiger partial charge is 0.239 e. The van der Waals surface area contributed by atoms with Crippen molar-refractivity contribution in [3.63, 3.8) is 0 Å². The molecule has 1 saturated heterocycles. The van der Waals surface area contributed by atoms with E-state index in [0.29, 0.717) is 18.2 Å². The molecule has 1 rings (SSSR count). The maximum absolute atomic E-state index is 11.4. The number of nitrogens with one attached hydrogen (secondary N) is 2. The van der Waals surface area contributed by atoms with Gasteiger partial charge in [0.1, 0.15) is 6.54 Å². The zero-order chi connectivity index (χ0) is 11.1. The maximum Gasteiger partial charge on any atom is 0.239 e. The predicted molar refractivity (Wildman–Crippen MR) is 60.6 cm³/mol. The molecule has 2 N–H and O–H groups in total. The van der Waals surface area contributed by atoms with Crippen LogP contribution in [0.3, 0.4) is 0 Å². The first-order valence-corrected chi connectivity index (χ1v) is 6.16. The molecule has 0 aromatic heterocycles.